The van der Waals surface area contributed by atoms with E-state index >= 15 is 0 Å². The van der Waals surface area contributed by atoms with Crippen molar-refractivity contribution in [2.24, 2.45) is 5.73 Å². The van der Waals surface area contributed by atoms with Crippen LogP contribution in [0.2, 0.25) is 0 Å². The van der Waals surface area contributed by atoms with Crippen molar-refractivity contribution >= 4 is 0 Å². The van der Waals surface area contributed by atoms with Crippen LogP contribution in [-0.4, -0.2) is 37.7 Å². The van der Waals surface area contributed by atoms with Gasteiger partial charge in [0.05, 0.1) is 0 Å². The number of ether oxygens (including phenoxy) is 1. The molecule has 0 atom stereocenters. The van der Waals surface area contributed by atoms with Gasteiger partial charge in [0.1, 0.15) is 11.9 Å². The van der Waals surface area contributed by atoms with E-state index in [2.05, 4.69) is 36.2 Å². The molecule has 110 valence electrons. The summed E-state index contributed by atoms with van der Waals surface area (Å²) in [5, 5.41) is 0. The summed E-state index contributed by atoms with van der Waals surface area (Å²) in [5.74, 6) is 1.02. The van der Waals surface area contributed by atoms with Crippen molar-refractivity contribution in [2.75, 3.05) is 26.7 Å². The van der Waals surface area contributed by atoms with E-state index < -0.39 is 0 Å². The van der Waals surface area contributed by atoms with Crippen LogP contribution < -0.4 is 10.5 Å². The van der Waals surface area contributed by atoms with Gasteiger partial charge in [0.25, 0.3) is 0 Å². The van der Waals surface area contributed by atoms with Gasteiger partial charge in [-0.2, -0.15) is 0 Å². The smallest absolute Gasteiger partial charge is 0.120 e. The molecule has 1 aliphatic carbocycles. The molecule has 2 fully saturated rings. The number of likely N-dealkylation sites (tertiary alicyclic amines) is 1. The largest absolute Gasteiger partial charge is 0.490 e. The molecule has 1 aromatic rings. The summed E-state index contributed by atoms with van der Waals surface area (Å²) in [6.07, 6.45) is 6.38. The molecular formula is C17H26N2O. The zero-order chi connectivity index (χ0) is 14.0. The summed E-state index contributed by atoms with van der Waals surface area (Å²) < 4.78 is 6.19. The normalized spacial score (nSPS) is 23.3. The highest BCUT2D eigenvalue weighted by Crippen LogP contribution is 2.43. The molecule has 0 amide bonds. The van der Waals surface area contributed by atoms with Crippen molar-refractivity contribution in [3.63, 3.8) is 0 Å². The third kappa shape index (κ3) is 2.70. The summed E-state index contributed by atoms with van der Waals surface area (Å²) in [4.78, 5) is 2.37. The number of benzene rings is 1. The number of hydrogen-bond donors (Lipinski definition) is 1. The summed E-state index contributed by atoms with van der Waals surface area (Å²) in [6, 6.07) is 8.65. The third-order valence-electron chi connectivity index (χ3n) is 5.12. The van der Waals surface area contributed by atoms with Gasteiger partial charge in [-0.1, -0.05) is 18.6 Å². The highest BCUT2D eigenvalue weighted by Gasteiger charge is 2.37. The lowest BCUT2D eigenvalue weighted by Crippen LogP contribution is -2.41. The van der Waals surface area contributed by atoms with Gasteiger partial charge in [0.2, 0.25) is 0 Å². The van der Waals surface area contributed by atoms with Crippen molar-refractivity contribution in [3.05, 3.63) is 29.8 Å². The second kappa shape index (κ2) is 5.74. The topological polar surface area (TPSA) is 38.5 Å². The molecular weight excluding hydrogens is 248 g/mol. The third-order valence-corrected chi connectivity index (χ3v) is 5.12. The van der Waals surface area contributed by atoms with Gasteiger partial charge in [-0.25, -0.2) is 0 Å². The summed E-state index contributed by atoms with van der Waals surface area (Å²) in [6.45, 7) is 3.03. The van der Waals surface area contributed by atoms with Crippen LogP contribution in [0.15, 0.2) is 24.3 Å². The Morgan fingerprint density at radius 3 is 2.65 bits per heavy atom. The van der Waals surface area contributed by atoms with Crippen LogP contribution in [0.25, 0.3) is 0 Å². The van der Waals surface area contributed by atoms with E-state index in [4.69, 9.17) is 10.5 Å². The predicted octanol–water partition coefficient (Wildman–Crippen LogP) is 2.54. The van der Waals surface area contributed by atoms with Gasteiger partial charge < -0.3 is 15.4 Å². The van der Waals surface area contributed by atoms with Crippen molar-refractivity contribution in [1.82, 2.24) is 4.90 Å². The van der Waals surface area contributed by atoms with E-state index in [0.29, 0.717) is 6.10 Å². The Hall–Kier alpha value is -1.06. The van der Waals surface area contributed by atoms with Crippen LogP contribution in [0.3, 0.4) is 0 Å². The fourth-order valence-electron chi connectivity index (χ4n) is 3.41. The van der Waals surface area contributed by atoms with Gasteiger partial charge in [-0.05, 0) is 50.4 Å². The minimum Gasteiger partial charge on any atom is -0.490 e. The number of nitrogens with two attached hydrogens (primary N) is 1. The van der Waals surface area contributed by atoms with Crippen molar-refractivity contribution in [2.45, 2.75) is 43.6 Å². The fourth-order valence-corrected chi connectivity index (χ4v) is 3.41. The Balaban J connectivity index is 1.68. The second-order valence-corrected chi connectivity index (χ2v) is 6.49. The maximum atomic E-state index is 6.19. The van der Waals surface area contributed by atoms with Gasteiger partial charge in [0.15, 0.2) is 0 Å². The predicted molar refractivity (Wildman–Crippen MR) is 82.2 cm³/mol. The molecule has 0 aromatic heterocycles. The van der Waals surface area contributed by atoms with E-state index in [1.54, 1.807) is 0 Å². The lowest BCUT2D eigenvalue weighted by Gasteiger charge is -2.41. The molecule has 20 heavy (non-hydrogen) atoms. The van der Waals surface area contributed by atoms with Crippen LogP contribution in [0.5, 0.6) is 5.75 Å². The molecule has 0 bridgehead atoms. The van der Waals surface area contributed by atoms with E-state index in [0.717, 1.165) is 38.2 Å². The Morgan fingerprint density at radius 1 is 1.30 bits per heavy atom. The zero-order valence-corrected chi connectivity index (χ0v) is 12.5. The van der Waals surface area contributed by atoms with Crippen LogP contribution in [0.1, 0.15) is 37.7 Å². The lowest BCUT2D eigenvalue weighted by molar-refractivity contribution is 0.114. The van der Waals surface area contributed by atoms with Crippen LogP contribution in [0.4, 0.5) is 0 Å². The standard InChI is InChI=1S/C17H26N2O/c1-19-10-6-15(7-11-19)20-16-5-2-4-14(12-16)17(13-18)8-3-9-17/h2,4-5,12,15H,3,6-11,13,18H2,1H3. The molecule has 0 spiro atoms. The minimum atomic E-state index is 0.228. The molecule has 1 saturated heterocycles. The van der Waals surface area contributed by atoms with E-state index in [1.807, 2.05) is 0 Å². The Morgan fingerprint density at radius 2 is 2.05 bits per heavy atom. The first-order valence-electron chi connectivity index (χ1n) is 7.88. The van der Waals surface area contributed by atoms with Crippen LogP contribution in [-0.2, 0) is 5.41 Å². The second-order valence-electron chi connectivity index (χ2n) is 6.49. The first-order valence-corrected chi connectivity index (χ1v) is 7.88. The highest BCUT2D eigenvalue weighted by molar-refractivity contribution is 5.36. The molecule has 1 aromatic carbocycles. The van der Waals surface area contributed by atoms with Gasteiger partial charge in [0, 0.05) is 25.0 Å². The molecule has 0 unspecified atom stereocenters. The number of hydrogen-bond acceptors (Lipinski definition) is 3. The molecule has 3 rings (SSSR count). The monoisotopic (exact) mass is 274 g/mol. The summed E-state index contributed by atoms with van der Waals surface area (Å²) in [7, 11) is 2.18. The maximum Gasteiger partial charge on any atom is 0.120 e. The van der Waals surface area contributed by atoms with Crippen LogP contribution in [0, 0.1) is 0 Å². The van der Waals surface area contributed by atoms with E-state index in [-0.39, 0.29) is 5.41 Å². The Kier molecular flexibility index (Phi) is 3.99. The molecule has 1 heterocycles. The Labute approximate surface area is 122 Å². The minimum absolute atomic E-state index is 0.228. The molecule has 1 aliphatic heterocycles. The zero-order valence-electron chi connectivity index (χ0n) is 12.5. The molecule has 2 N–H and O–H groups in total. The van der Waals surface area contributed by atoms with Crippen molar-refractivity contribution < 1.29 is 4.74 Å². The van der Waals surface area contributed by atoms with Crippen molar-refractivity contribution in [1.29, 1.82) is 0 Å². The Bertz CT molecular complexity index is 443. The lowest BCUT2D eigenvalue weighted by atomic mass is 9.64. The quantitative estimate of drug-likeness (QED) is 0.917. The summed E-state index contributed by atoms with van der Waals surface area (Å²) >= 11 is 0. The maximum absolute atomic E-state index is 6.19. The molecule has 2 aliphatic rings. The van der Waals surface area contributed by atoms with Crippen molar-refractivity contribution in [3.8, 4) is 5.75 Å². The fraction of sp³-hybridized carbons (Fsp3) is 0.647. The average molecular weight is 274 g/mol. The molecule has 1 saturated carbocycles. The SMILES string of the molecule is CN1CCC(Oc2cccc(C3(CN)CCC3)c2)CC1. The highest BCUT2D eigenvalue weighted by atomic mass is 16.5. The number of nitrogens with zero attached hydrogens (tertiary/aromatic N) is 1. The first-order chi connectivity index (χ1) is 9.72. The molecule has 0 radical (unpaired) electrons. The van der Waals surface area contributed by atoms with Gasteiger partial charge in [-0.15, -0.1) is 0 Å². The van der Waals surface area contributed by atoms with Gasteiger partial charge in [-0.3, -0.25) is 0 Å². The molecule has 3 heteroatoms. The van der Waals surface area contributed by atoms with E-state index in [9.17, 15) is 0 Å². The summed E-state index contributed by atoms with van der Waals surface area (Å²) in [5.41, 5.74) is 7.60. The number of piperidine rings is 1. The van der Waals surface area contributed by atoms with Gasteiger partial charge >= 0.3 is 0 Å². The van der Waals surface area contributed by atoms with E-state index in [1.165, 1.54) is 24.8 Å². The molecule has 3 nitrogen and oxygen atoms in total. The first kappa shape index (κ1) is 13.9. The van der Waals surface area contributed by atoms with Crippen LogP contribution >= 0.6 is 0 Å². The average Bonchev–Trinajstić information content (AvgIpc) is 2.41. The number of rotatable bonds is 4.